The molecule has 0 radical (unpaired) electrons. The number of hydrogen-bond donors (Lipinski definition) is 2. The van der Waals surface area contributed by atoms with Crippen molar-refractivity contribution in [3.63, 3.8) is 0 Å². The van der Waals surface area contributed by atoms with Crippen LogP contribution in [0.25, 0.3) is 0 Å². The molecule has 2 saturated carbocycles. The summed E-state index contributed by atoms with van der Waals surface area (Å²) in [6.07, 6.45) is 5.67. The lowest BCUT2D eigenvalue weighted by atomic mass is 9.90. The fraction of sp³-hybridized carbons (Fsp3) is 0.556. The van der Waals surface area contributed by atoms with Gasteiger partial charge in [0.05, 0.1) is 11.1 Å². The van der Waals surface area contributed by atoms with Gasteiger partial charge in [0.25, 0.3) is 0 Å². The Kier molecular flexibility index (Phi) is 3.61. The second-order valence-electron chi connectivity index (χ2n) is 7.33. The third-order valence-electron chi connectivity index (χ3n) is 5.25. The van der Waals surface area contributed by atoms with Crippen molar-refractivity contribution in [2.24, 2.45) is 0 Å². The first-order chi connectivity index (χ1) is 10.8. The van der Waals surface area contributed by atoms with E-state index in [4.69, 9.17) is 10.1 Å². The van der Waals surface area contributed by atoms with Gasteiger partial charge in [-0.1, -0.05) is 18.2 Å². The van der Waals surface area contributed by atoms with E-state index in [0.717, 1.165) is 12.8 Å². The molecule has 2 aliphatic rings. The summed E-state index contributed by atoms with van der Waals surface area (Å²) in [7, 11) is 0. The second-order valence-corrected chi connectivity index (χ2v) is 7.33. The van der Waals surface area contributed by atoms with Crippen LogP contribution in [0.2, 0.25) is 0 Å². The zero-order valence-electron chi connectivity index (χ0n) is 13.7. The average molecular weight is 313 g/mol. The fourth-order valence-corrected chi connectivity index (χ4v) is 3.94. The van der Waals surface area contributed by atoms with E-state index in [2.05, 4.69) is 6.19 Å². The van der Waals surface area contributed by atoms with E-state index in [-0.39, 0.29) is 5.84 Å². The lowest BCUT2D eigenvalue weighted by Crippen LogP contribution is -2.55. The maximum Gasteiger partial charge on any atom is 0.185 e. The summed E-state index contributed by atoms with van der Waals surface area (Å²) >= 11 is 0. The Hall–Kier alpha value is -2.06. The van der Waals surface area contributed by atoms with Crippen molar-refractivity contribution in [2.75, 3.05) is 0 Å². The molecule has 1 aromatic rings. The van der Waals surface area contributed by atoms with E-state index in [0.29, 0.717) is 25.0 Å². The van der Waals surface area contributed by atoms with E-state index in [9.17, 15) is 10.4 Å². The SMILES string of the molecule is CC(C)(Oc1ccccc1)C(=N)N(C#N)C12CCC(O)(CC1)C2. The standard InChI is InChI=1S/C18H23N3O2/c1-16(2,23-14-6-4-3-5-7-14)15(20)21(13-19)17-8-10-18(22,12-17)11-9-17/h3-7,20,22H,8-12H2,1-2H3. The van der Waals surface area contributed by atoms with Crippen LogP contribution < -0.4 is 4.74 Å². The number of benzene rings is 1. The van der Waals surface area contributed by atoms with E-state index in [1.54, 1.807) is 13.8 Å². The molecular formula is C18H23N3O2. The van der Waals surface area contributed by atoms with Gasteiger partial charge in [-0.25, -0.2) is 0 Å². The Labute approximate surface area is 137 Å². The van der Waals surface area contributed by atoms with Gasteiger partial charge in [0.15, 0.2) is 17.6 Å². The molecule has 5 heteroatoms. The molecule has 122 valence electrons. The van der Waals surface area contributed by atoms with E-state index >= 15 is 0 Å². The summed E-state index contributed by atoms with van der Waals surface area (Å²) in [4.78, 5) is 1.49. The van der Waals surface area contributed by atoms with Gasteiger partial charge in [-0.05, 0) is 51.7 Å². The summed E-state index contributed by atoms with van der Waals surface area (Å²) in [5, 5.41) is 28.7. The Morgan fingerprint density at radius 2 is 1.87 bits per heavy atom. The molecule has 0 saturated heterocycles. The number of ether oxygens (including phenoxy) is 1. The summed E-state index contributed by atoms with van der Waals surface area (Å²) < 4.78 is 5.95. The van der Waals surface area contributed by atoms with E-state index < -0.39 is 16.7 Å². The number of hydrogen-bond acceptors (Lipinski definition) is 4. The van der Waals surface area contributed by atoms with Gasteiger partial charge in [-0.15, -0.1) is 0 Å². The van der Waals surface area contributed by atoms with Gasteiger partial charge in [0.2, 0.25) is 0 Å². The molecule has 0 spiro atoms. The van der Waals surface area contributed by atoms with Crippen molar-refractivity contribution in [2.45, 2.75) is 62.7 Å². The number of nitriles is 1. The van der Waals surface area contributed by atoms with Crippen LogP contribution in [0.15, 0.2) is 30.3 Å². The quantitative estimate of drug-likeness (QED) is 0.387. The van der Waals surface area contributed by atoms with Crippen LogP contribution in [-0.2, 0) is 0 Å². The van der Waals surface area contributed by atoms with Gasteiger partial charge in [0, 0.05) is 6.42 Å². The van der Waals surface area contributed by atoms with Crippen LogP contribution in [0.3, 0.4) is 0 Å². The molecule has 1 aromatic carbocycles. The Morgan fingerprint density at radius 3 is 2.35 bits per heavy atom. The topological polar surface area (TPSA) is 80.3 Å². The summed E-state index contributed by atoms with van der Waals surface area (Å²) in [6.45, 7) is 3.61. The monoisotopic (exact) mass is 313 g/mol. The third-order valence-corrected chi connectivity index (χ3v) is 5.25. The van der Waals surface area contributed by atoms with Crippen LogP contribution in [0, 0.1) is 16.9 Å². The number of nitrogens with one attached hydrogen (secondary N) is 1. The van der Waals surface area contributed by atoms with Crippen molar-refractivity contribution < 1.29 is 9.84 Å². The molecule has 2 bridgehead atoms. The van der Waals surface area contributed by atoms with Crippen molar-refractivity contribution in [3.8, 4) is 11.9 Å². The van der Waals surface area contributed by atoms with Gasteiger partial charge < -0.3 is 9.84 Å². The Morgan fingerprint density at radius 1 is 1.26 bits per heavy atom. The molecule has 2 fully saturated rings. The molecule has 0 aliphatic heterocycles. The lowest BCUT2D eigenvalue weighted by Gasteiger charge is -2.40. The molecule has 0 unspecified atom stereocenters. The molecule has 0 atom stereocenters. The number of fused-ring (bicyclic) bond motifs is 2. The van der Waals surface area contributed by atoms with Gasteiger partial charge in [0.1, 0.15) is 5.75 Å². The predicted octanol–water partition coefficient (Wildman–Crippen LogP) is 3.05. The summed E-state index contributed by atoms with van der Waals surface area (Å²) in [5.41, 5.74) is -1.99. The van der Waals surface area contributed by atoms with Crippen LogP contribution in [0.1, 0.15) is 46.0 Å². The lowest BCUT2D eigenvalue weighted by molar-refractivity contribution is 0.0521. The minimum Gasteiger partial charge on any atom is -0.480 e. The number of rotatable bonds is 4. The molecule has 0 aromatic heterocycles. The van der Waals surface area contributed by atoms with Gasteiger partial charge >= 0.3 is 0 Å². The highest BCUT2D eigenvalue weighted by molar-refractivity contribution is 5.89. The van der Waals surface area contributed by atoms with E-state index in [1.807, 2.05) is 30.3 Å². The fourth-order valence-electron chi connectivity index (χ4n) is 3.94. The minimum atomic E-state index is -0.921. The number of aliphatic hydroxyl groups is 1. The molecule has 23 heavy (non-hydrogen) atoms. The zero-order valence-corrected chi connectivity index (χ0v) is 13.7. The highest BCUT2D eigenvalue weighted by Gasteiger charge is 2.58. The first kappa shape index (κ1) is 15.8. The van der Waals surface area contributed by atoms with Crippen LogP contribution >= 0.6 is 0 Å². The van der Waals surface area contributed by atoms with Crippen LogP contribution in [0.5, 0.6) is 5.75 Å². The molecule has 0 amide bonds. The number of amidine groups is 1. The van der Waals surface area contributed by atoms with Crippen molar-refractivity contribution >= 4 is 5.84 Å². The summed E-state index contributed by atoms with van der Waals surface area (Å²) in [5.74, 6) is 0.821. The largest absolute Gasteiger partial charge is 0.480 e. The molecule has 2 N–H and O–H groups in total. The first-order valence-electron chi connectivity index (χ1n) is 8.06. The van der Waals surface area contributed by atoms with Crippen molar-refractivity contribution in [1.29, 1.82) is 10.7 Å². The molecule has 0 heterocycles. The van der Waals surface area contributed by atoms with Crippen molar-refractivity contribution in [1.82, 2.24) is 4.90 Å². The predicted molar refractivity (Wildman–Crippen MR) is 87.1 cm³/mol. The maximum absolute atomic E-state index is 10.4. The molecule has 2 aliphatic carbocycles. The normalized spacial score (nSPS) is 29.1. The van der Waals surface area contributed by atoms with E-state index in [1.165, 1.54) is 4.90 Å². The highest BCUT2D eigenvalue weighted by atomic mass is 16.5. The zero-order chi connectivity index (χ0) is 16.7. The number of para-hydroxylation sites is 1. The Bertz CT molecular complexity index is 640. The number of nitrogens with zero attached hydrogens (tertiary/aromatic N) is 2. The first-order valence-corrected chi connectivity index (χ1v) is 8.06. The summed E-state index contributed by atoms with van der Waals surface area (Å²) in [6, 6.07) is 9.35. The molecular weight excluding hydrogens is 290 g/mol. The van der Waals surface area contributed by atoms with Gasteiger partial charge in [-0.3, -0.25) is 10.3 Å². The highest BCUT2D eigenvalue weighted by Crippen LogP contribution is 2.53. The van der Waals surface area contributed by atoms with Gasteiger partial charge in [-0.2, -0.15) is 5.26 Å². The average Bonchev–Trinajstić information content (AvgIpc) is 3.02. The maximum atomic E-state index is 10.4. The van der Waals surface area contributed by atoms with Crippen molar-refractivity contribution in [3.05, 3.63) is 30.3 Å². The third kappa shape index (κ3) is 2.68. The van der Waals surface area contributed by atoms with Crippen LogP contribution in [-0.4, -0.2) is 32.6 Å². The second kappa shape index (κ2) is 5.24. The smallest absolute Gasteiger partial charge is 0.185 e. The molecule has 5 nitrogen and oxygen atoms in total. The molecule has 3 rings (SSSR count). The van der Waals surface area contributed by atoms with Crippen LogP contribution in [0.4, 0.5) is 0 Å². The Balaban J connectivity index is 1.82. The minimum absolute atomic E-state index is 0.148.